The third kappa shape index (κ3) is 6.41. The number of nitrogens with zero attached hydrogens (tertiary/aromatic N) is 1. The molecule has 0 aromatic heterocycles. The van der Waals surface area contributed by atoms with Gasteiger partial charge < -0.3 is 19.9 Å². The maximum absolute atomic E-state index is 11.7. The van der Waals surface area contributed by atoms with Crippen molar-refractivity contribution in [3.63, 3.8) is 0 Å². The van der Waals surface area contributed by atoms with Crippen LogP contribution in [-0.4, -0.2) is 54.9 Å². The van der Waals surface area contributed by atoms with Gasteiger partial charge in [-0.1, -0.05) is 18.2 Å². The fourth-order valence-electron chi connectivity index (χ4n) is 1.82. The molecule has 0 saturated heterocycles. The van der Waals surface area contributed by atoms with Crippen molar-refractivity contribution < 1.29 is 29.1 Å². The zero-order valence-corrected chi connectivity index (χ0v) is 12.6. The topological polar surface area (TPSA) is 128 Å². The molecule has 0 aliphatic rings. The van der Waals surface area contributed by atoms with Crippen molar-refractivity contribution in [1.29, 1.82) is 0 Å². The van der Waals surface area contributed by atoms with Crippen LogP contribution >= 0.6 is 0 Å². The van der Waals surface area contributed by atoms with E-state index >= 15 is 0 Å². The Morgan fingerprint density at radius 2 is 2.04 bits per heavy atom. The SMILES string of the molecule is COCCOCC(=O)N[C@@H](Cc1ccccc1[N+](=O)[O-])C(=O)O. The third-order valence-corrected chi connectivity index (χ3v) is 2.91. The van der Waals surface area contributed by atoms with Gasteiger partial charge in [-0.2, -0.15) is 0 Å². The van der Waals surface area contributed by atoms with E-state index in [0.717, 1.165) is 0 Å². The number of ether oxygens (including phenoxy) is 2. The Balaban J connectivity index is 2.68. The summed E-state index contributed by atoms with van der Waals surface area (Å²) in [4.78, 5) is 33.3. The highest BCUT2D eigenvalue weighted by molar-refractivity contribution is 5.84. The van der Waals surface area contributed by atoms with E-state index in [1.807, 2.05) is 0 Å². The Bertz CT molecular complexity index is 562. The molecule has 1 aromatic rings. The average molecular weight is 326 g/mol. The quantitative estimate of drug-likeness (QED) is 0.361. The van der Waals surface area contributed by atoms with Gasteiger partial charge in [-0.15, -0.1) is 0 Å². The van der Waals surface area contributed by atoms with Crippen LogP contribution in [0.25, 0.3) is 0 Å². The highest BCUT2D eigenvalue weighted by atomic mass is 16.6. The molecular weight excluding hydrogens is 308 g/mol. The molecule has 1 atom stereocenters. The lowest BCUT2D eigenvalue weighted by molar-refractivity contribution is -0.385. The summed E-state index contributed by atoms with van der Waals surface area (Å²) in [6.07, 6.45) is -0.198. The Morgan fingerprint density at radius 1 is 1.35 bits per heavy atom. The largest absolute Gasteiger partial charge is 0.480 e. The minimum absolute atomic E-state index is 0.190. The summed E-state index contributed by atoms with van der Waals surface area (Å²) in [5.41, 5.74) is 0.0369. The van der Waals surface area contributed by atoms with Crippen molar-refractivity contribution in [3.05, 3.63) is 39.9 Å². The lowest BCUT2D eigenvalue weighted by Gasteiger charge is -2.14. The van der Waals surface area contributed by atoms with Crippen LogP contribution in [0, 0.1) is 10.1 Å². The summed E-state index contributed by atoms with van der Waals surface area (Å²) >= 11 is 0. The molecule has 0 heterocycles. The number of amides is 1. The van der Waals surface area contributed by atoms with Crippen molar-refractivity contribution in [2.45, 2.75) is 12.5 Å². The van der Waals surface area contributed by atoms with Crippen LogP contribution in [0.1, 0.15) is 5.56 Å². The van der Waals surface area contributed by atoms with E-state index in [9.17, 15) is 24.8 Å². The summed E-state index contributed by atoms with van der Waals surface area (Å²) in [5.74, 6) is -1.90. The maximum Gasteiger partial charge on any atom is 0.326 e. The van der Waals surface area contributed by atoms with Gasteiger partial charge >= 0.3 is 5.97 Å². The predicted octanol–water partition coefficient (Wildman–Crippen LogP) is 0.370. The van der Waals surface area contributed by atoms with E-state index in [2.05, 4.69) is 5.32 Å². The van der Waals surface area contributed by atoms with Gasteiger partial charge in [-0.05, 0) is 0 Å². The third-order valence-electron chi connectivity index (χ3n) is 2.91. The van der Waals surface area contributed by atoms with Crippen molar-refractivity contribution in [3.8, 4) is 0 Å². The molecule has 1 amide bonds. The summed E-state index contributed by atoms with van der Waals surface area (Å²) < 4.78 is 9.73. The number of methoxy groups -OCH3 is 1. The molecule has 0 fully saturated rings. The fourth-order valence-corrected chi connectivity index (χ4v) is 1.82. The molecule has 1 aromatic carbocycles. The molecule has 1 rings (SSSR count). The number of hydrogen-bond acceptors (Lipinski definition) is 6. The normalized spacial score (nSPS) is 11.7. The van der Waals surface area contributed by atoms with E-state index in [1.165, 1.54) is 25.3 Å². The molecule has 126 valence electrons. The van der Waals surface area contributed by atoms with Gasteiger partial charge in [0, 0.05) is 25.2 Å². The second kappa shape index (κ2) is 9.49. The van der Waals surface area contributed by atoms with E-state index < -0.39 is 22.8 Å². The standard InChI is InChI=1S/C14H18N2O7/c1-22-6-7-23-9-13(17)15-11(14(18)19)8-10-4-2-3-5-12(10)16(20)21/h2-5,11H,6-9H2,1H3,(H,15,17)(H,18,19)/t11-/m0/s1. The van der Waals surface area contributed by atoms with Crippen molar-refractivity contribution in [2.24, 2.45) is 0 Å². The van der Waals surface area contributed by atoms with Gasteiger partial charge in [0.1, 0.15) is 12.6 Å². The number of nitro benzene ring substituents is 1. The van der Waals surface area contributed by atoms with Crippen molar-refractivity contribution in [2.75, 3.05) is 26.9 Å². The number of carboxylic acids is 1. The molecule has 0 radical (unpaired) electrons. The molecule has 0 saturated carbocycles. The first-order valence-corrected chi connectivity index (χ1v) is 6.76. The monoisotopic (exact) mass is 326 g/mol. The predicted molar refractivity (Wildman–Crippen MR) is 79.1 cm³/mol. The summed E-state index contributed by atoms with van der Waals surface area (Å²) in [7, 11) is 1.48. The molecule has 0 bridgehead atoms. The Hall–Kier alpha value is -2.52. The van der Waals surface area contributed by atoms with Gasteiger partial charge in [0.05, 0.1) is 18.1 Å². The number of hydrogen-bond donors (Lipinski definition) is 2. The molecule has 9 heteroatoms. The second-order valence-electron chi connectivity index (χ2n) is 4.59. The molecule has 0 aliphatic carbocycles. The van der Waals surface area contributed by atoms with Crippen LogP contribution in [0.2, 0.25) is 0 Å². The zero-order chi connectivity index (χ0) is 17.2. The molecule has 0 spiro atoms. The van der Waals surface area contributed by atoms with Crippen LogP contribution in [0.4, 0.5) is 5.69 Å². The molecule has 2 N–H and O–H groups in total. The van der Waals surface area contributed by atoms with E-state index in [4.69, 9.17) is 9.47 Å². The van der Waals surface area contributed by atoms with Crippen molar-refractivity contribution in [1.82, 2.24) is 5.32 Å². The van der Waals surface area contributed by atoms with Crippen molar-refractivity contribution >= 4 is 17.6 Å². The highest BCUT2D eigenvalue weighted by Gasteiger charge is 2.24. The Labute approximate surface area is 132 Å². The molecule has 9 nitrogen and oxygen atoms in total. The Kier molecular flexibility index (Phi) is 7.64. The number of carbonyl (C=O) groups is 2. The van der Waals surface area contributed by atoms with Crippen LogP contribution < -0.4 is 5.32 Å². The highest BCUT2D eigenvalue weighted by Crippen LogP contribution is 2.19. The number of carboxylic acid groups (broad SMARTS) is 1. The molecule has 23 heavy (non-hydrogen) atoms. The smallest absolute Gasteiger partial charge is 0.326 e. The lowest BCUT2D eigenvalue weighted by Crippen LogP contribution is -2.44. The number of para-hydroxylation sites is 1. The fraction of sp³-hybridized carbons (Fsp3) is 0.429. The van der Waals surface area contributed by atoms with Gasteiger partial charge in [0.2, 0.25) is 5.91 Å². The maximum atomic E-state index is 11.7. The lowest BCUT2D eigenvalue weighted by atomic mass is 10.0. The number of benzene rings is 1. The van der Waals surface area contributed by atoms with E-state index in [1.54, 1.807) is 6.07 Å². The number of nitrogens with one attached hydrogen (secondary N) is 1. The zero-order valence-electron chi connectivity index (χ0n) is 12.6. The minimum atomic E-state index is -1.28. The molecule has 0 aliphatic heterocycles. The number of nitro groups is 1. The van der Waals surface area contributed by atoms with Crippen LogP contribution in [0.3, 0.4) is 0 Å². The van der Waals surface area contributed by atoms with Gasteiger partial charge in [0.15, 0.2) is 0 Å². The first-order valence-electron chi connectivity index (χ1n) is 6.76. The van der Waals surface area contributed by atoms with E-state index in [0.29, 0.717) is 6.61 Å². The molecule has 0 unspecified atom stereocenters. The van der Waals surface area contributed by atoms with Gasteiger partial charge in [0.25, 0.3) is 5.69 Å². The number of rotatable bonds is 10. The number of carbonyl (C=O) groups excluding carboxylic acids is 1. The van der Waals surface area contributed by atoms with E-state index in [-0.39, 0.29) is 30.9 Å². The Morgan fingerprint density at radius 3 is 2.65 bits per heavy atom. The second-order valence-corrected chi connectivity index (χ2v) is 4.59. The minimum Gasteiger partial charge on any atom is -0.480 e. The van der Waals surface area contributed by atoms with Gasteiger partial charge in [-0.25, -0.2) is 4.79 Å². The van der Waals surface area contributed by atoms with Crippen LogP contribution in [0.15, 0.2) is 24.3 Å². The van der Waals surface area contributed by atoms with Crippen LogP contribution in [0.5, 0.6) is 0 Å². The number of aliphatic carboxylic acids is 1. The first kappa shape index (κ1) is 18.5. The summed E-state index contributed by atoms with van der Waals surface area (Å²) in [6.45, 7) is 0.196. The summed E-state index contributed by atoms with van der Waals surface area (Å²) in [5, 5.41) is 22.4. The van der Waals surface area contributed by atoms with Crippen LogP contribution in [-0.2, 0) is 25.5 Å². The van der Waals surface area contributed by atoms with Gasteiger partial charge in [-0.3, -0.25) is 14.9 Å². The average Bonchev–Trinajstić information content (AvgIpc) is 2.51. The molecular formula is C14H18N2O7. The summed E-state index contributed by atoms with van der Waals surface area (Å²) in [6, 6.07) is 4.50. The first-order chi connectivity index (χ1) is 11.0.